The van der Waals surface area contributed by atoms with Crippen molar-refractivity contribution in [1.29, 1.82) is 0 Å². The fourth-order valence-electron chi connectivity index (χ4n) is 1.55. The number of benzene rings is 2. The Morgan fingerprint density at radius 1 is 1.11 bits per heavy atom. The number of ether oxygens (including phenoxy) is 2. The Balaban J connectivity index is 1.81. The van der Waals surface area contributed by atoms with Crippen molar-refractivity contribution in [1.82, 2.24) is 0 Å². The molecule has 0 saturated heterocycles. The predicted molar refractivity (Wildman–Crippen MR) is 73.6 cm³/mol. The van der Waals surface area contributed by atoms with Crippen molar-refractivity contribution in [3.63, 3.8) is 0 Å². The Morgan fingerprint density at radius 3 is 2.58 bits per heavy atom. The zero-order chi connectivity index (χ0) is 13.5. The minimum Gasteiger partial charge on any atom is -0.466 e. The normalized spacial score (nSPS) is 10.2. The number of carbonyl (C=O) groups excluding carboxylic acids is 1. The third-order valence-corrected chi connectivity index (χ3v) is 2.80. The molecule has 3 nitrogen and oxygen atoms in total. The first-order valence-electron chi connectivity index (χ1n) is 5.79. The summed E-state index contributed by atoms with van der Waals surface area (Å²) in [4.78, 5) is 10.6. The second-order valence-electron chi connectivity index (χ2n) is 3.90. The maximum absolute atomic E-state index is 10.6. The number of halogens is 1. The molecule has 0 atom stereocenters. The molecule has 0 spiro atoms. The lowest BCUT2D eigenvalue weighted by Gasteiger charge is -2.09. The molecule has 0 unspecified atom stereocenters. The second kappa shape index (κ2) is 6.92. The van der Waals surface area contributed by atoms with Crippen LogP contribution in [0.3, 0.4) is 0 Å². The van der Waals surface area contributed by atoms with Gasteiger partial charge in [0, 0.05) is 5.56 Å². The molecule has 2 aromatic rings. The first-order chi connectivity index (χ1) is 9.29. The molecule has 2 rings (SSSR count). The highest BCUT2D eigenvalue weighted by molar-refractivity contribution is 6.32. The molecule has 4 heteroatoms. The van der Waals surface area contributed by atoms with E-state index in [1.807, 2.05) is 30.3 Å². The maximum Gasteiger partial charge on any atom is 0.189 e. The van der Waals surface area contributed by atoms with E-state index in [9.17, 15) is 4.79 Å². The van der Waals surface area contributed by atoms with Crippen LogP contribution in [-0.4, -0.2) is 13.1 Å². The van der Waals surface area contributed by atoms with Crippen molar-refractivity contribution < 1.29 is 14.3 Å². The molecule has 98 valence electrons. The van der Waals surface area contributed by atoms with E-state index >= 15 is 0 Å². The van der Waals surface area contributed by atoms with Crippen LogP contribution in [0.5, 0.6) is 5.75 Å². The quantitative estimate of drug-likeness (QED) is 0.458. The molecule has 0 aliphatic carbocycles. The Morgan fingerprint density at radius 2 is 1.89 bits per heavy atom. The Bertz CT molecular complexity index is 540. The summed E-state index contributed by atoms with van der Waals surface area (Å²) in [7, 11) is 0. The standard InChI is InChI=1S/C15H13ClO3/c16-14-8-13(9-17)6-7-15(14)19-11-18-10-12-4-2-1-3-5-12/h1-9H,10-11H2. The van der Waals surface area contributed by atoms with Gasteiger partial charge in [-0.2, -0.15) is 0 Å². The number of hydrogen-bond donors (Lipinski definition) is 0. The predicted octanol–water partition coefficient (Wildman–Crippen LogP) is 3.71. The minimum atomic E-state index is 0.106. The molecule has 0 amide bonds. The third kappa shape index (κ3) is 4.09. The lowest BCUT2D eigenvalue weighted by atomic mass is 10.2. The van der Waals surface area contributed by atoms with Crippen LogP contribution in [0.2, 0.25) is 5.02 Å². The molecule has 0 aliphatic rings. The van der Waals surface area contributed by atoms with E-state index in [-0.39, 0.29) is 6.79 Å². The van der Waals surface area contributed by atoms with Crippen molar-refractivity contribution in [3.05, 3.63) is 64.7 Å². The lowest BCUT2D eigenvalue weighted by molar-refractivity contribution is 0.00510. The van der Waals surface area contributed by atoms with Gasteiger partial charge in [0.2, 0.25) is 0 Å². The number of hydrogen-bond acceptors (Lipinski definition) is 3. The van der Waals surface area contributed by atoms with Gasteiger partial charge in [0.15, 0.2) is 6.79 Å². The van der Waals surface area contributed by atoms with Crippen molar-refractivity contribution in [2.45, 2.75) is 6.61 Å². The third-order valence-electron chi connectivity index (χ3n) is 2.50. The van der Waals surface area contributed by atoms with Crippen LogP contribution in [0.15, 0.2) is 48.5 Å². The topological polar surface area (TPSA) is 35.5 Å². The molecule has 0 radical (unpaired) electrons. The van der Waals surface area contributed by atoms with E-state index in [0.717, 1.165) is 11.8 Å². The molecular formula is C15H13ClO3. The average Bonchev–Trinajstić information content (AvgIpc) is 2.46. The van der Waals surface area contributed by atoms with E-state index in [2.05, 4.69) is 0 Å². The van der Waals surface area contributed by atoms with Gasteiger partial charge in [-0.15, -0.1) is 0 Å². The van der Waals surface area contributed by atoms with Gasteiger partial charge in [-0.1, -0.05) is 41.9 Å². The van der Waals surface area contributed by atoms with E-state index < -0.39 is 0 Å². The van der Waals surface area contributed by atoms with Crippen LogP contribution in [0.25, 0.3) is 0 Å². The van der Waals surface area contributed by atoms with Crippen LogP contribution < -0.4 is 4.74 Å². The van der Waals surface area contributed by atoms with Crippen molar-refractivity contribution in [3.8, 4) is 5.75 Å². The van der Waals surface area contributed by atoms with E-state index in [1.54, 1.807) is 18.2 Å². The molecule has 2 aromatic carbocycles. The molecule has 0 saturated carbocycles. The second-order valence-corrected chi connectivity index (χ2v) is 4.31. The summed E-state index contributed by atoms with van der Waals surface area (Å²) in [6, 6.07) is 14.7. The van der Waals surface area contributed by atoms with Crippen molar-refractivity contribution in [2.75, 3.05) is 6.79 Å². The Labute approximate surface area is 116 Å². The summed E-state index contributed by atoms with van der Waals surface area (Å²) in [5.74, 6) is 0.500. The monoisotopic (exact) mass is 276 g/mol. The molecule has 0 heterocycles. The highest BCUT2D eigenvalue weighted by atomic mass is 35.5. The lowest BCUT2D eigenvalue weighted by Crippen LogP contribution is -2.03. The largest absolute Gasteiger partial charge is 0.466 e. The summed E-state index contributed by atoms with van der Waals surface area (Å²) >= 11 is 5.96. The highest BCUT2D eigenvalue weighted by Crippen LogP contribution is 2.24. The number of aldehydes is 1. The molecule has 0 aromatic heterocycles. The average molecular weight is 277 g/mol. The SMILES string of the molecule is O=Cc1ccc(OCOCc2ccccc2)c(Cl)c1. The van der Waals surface area contributed by atoms with Crippen molar-refractivity contribution >= 4 is 17.9 Å². The Kier molecular flexibility index (Phi) is 4.95. The van der Waals surface area contributed by atoms with Crippen LogP contribution in [-0.2, 0) is 11.3 Å². The zero-order valence-corrected chi connectivity index (χ0v) is 11.0. The molecular weight excluding hydrogens is 264 g/mol. The first kappa shape index (κ1) is 13.6. The zero-order valence-electron chi connectivity index (χ0n) is 10.2. The highest BCUT2D eigenvalue weighted by Gasteiger charge is 2.02. The van der Waals surface area contributed by atoms with Crippen LogP contribution in [0.4, 0.5) is 0 Å². The smallest absolute Gasteiger partial charge is 0.189 e. The van der Waals surface area contributed by atoms with Gasteiger partial charge < -0.3 is 9.47 Å². The van der Waals surface area contributed by atoms with Gasteiger partial charge in [-0.05, 0) is 23.8 Å². The fourth-order valence-corrected chi connectivity index (χ4v) is 1.79. The van der Waals surface area contributed by atoms with Gasteiger partial charge in [0.25, 0.3) is 0 Å². The summed E-state index contributed by atoms with van der Waals surface area (Å²) in [5, 5.41) is 0.396. The molecule has 0 N–H and O–H groups in total. The summed E-state index contributed by atoms with van der Waals surface area (Å²) in [5.41, 5.74) is 1.59. The van der Waals surface area contributed by atoms with Gasteiger partial charge in [-0.25, -0.2) is 0 Å². The first-order valence-corrected chi connectivity index (χ1v) is 6.16. The van der Waals surface area contributed by atoms with Crippen LogP contribution in [0, 0.1) is 0 Å². The number of rotatable bonds is 6. The summed E-state index contributed by atoms with van der Waals surface area (Å²) < 4.78 is 10.8. The summed E-state index contributed by atoms with van der Waals surface area (Å²) in [6.45, 7) is 0.583. The van der Waals surface area contributed by atoms with Crippen LogP contribution in [0.1, 0.15) is 15.9 Å². The van der Waals surface area contributed by atoms with E-state index in [0.29, 0.717) is 22.9 Å². The minimum absolute atomic E-state index is 0.106. The van der Waals surface area contributed by atoms with E-state index in [1.165, 1.54) is 0 Å². The Hall–Kier alpha value is -1.84. The van der Waals surface area contributed by atoms with Gasteiger partial charge in [-0.3, -0.25) is 4.79 Å². The molecule has 0 bridgehead atoms. The summed E-state index contributed by atoms with van der Waals surface area (Å²) in [6.07, 6.45) is 0.738. The molecule has 19 heavy (non-hydrogen) atoms. The fraction of sp³-hybridized carbons (Fsp3) is 0.133. The number of carbonyl (C=O) groups is 1. The maximum atomic E-state index is 10.6. The van der Waals surface area contributed by atoms with Crippen LogP contribution >= 0.6 is 11.6 Å². The van der Waals surface area contributed by atoms with Gasteiger partial charge >= 0.3 is 0 Å². The van der Waals surface area contributed by atoms with Crippen molar-refractivity contribution in [2.24, 2.45) is 0 Å². The van der Waals surface area contributed by atoms with E-state index in [4.69, 9.17) is 21.1 Å². The molecule has 0 aliphatic heterocycles. The van der Waals surface area contributed by atoms with Gasteiger partial charge in [0.1, 0.15) is 12.0 Å². The van der Waals surface area contributed by atoms with Gasteiger partial charge in [0.05, 0.1) is 11.6 Å². The molecule has 0 fully saturated rings.